The molecule has 0 radical (unpaired) electrons. The third kappa shape index (κ3) is 8.83. The molecule has 2 heteroatoms. The highest BCUT2D eigenvalue weighted by Gasteiger charge is 2.46. The molecule has 362 valence electrons. The molecule has 3 unspecified atom stereocenters. The Labute approximate surface area is 438 Å². The van der Waals surface area contributed by atoms with Crippen LogP contribution in [0.5, 0.6) is 5.75 Å². The molecule has 2 aliphatic carbocycles. The monoisotopic (exact) mass is 957 g/mol. The lowest BCUT2D eigenvalue weighted by atomic mass is 9.67. The molecule has 74 heavy (non-hydrogen) atoms. The molecule has 12 rings (SSSR count). The fourth-order valence-electron chi connectivity index (χ4n) is 12.2. The van der Waals surface area contributed by atoms with Crippen molar-refractivity contribution in [1.82, 2.24) is 0 Å². The number of hydrogen-bond donors (Lipinski definition) is 0. The van der Waals surface area contributed by atoms with E-state index in [2.05, 4.69) is 269 Å². The Hall–Kier alpha value is -8.20. The van der Waals surface area contributed by atoms with Crippen molar-refractivity contribution in [1.29, 1.82) is 0 Å². The molecule has 0 saturated carbocycles. The predicted octanol–water partition coefficient (Wildman–Crippen LogP) is 18.8. The zero-order chi connectivity index (χ0) is 50.2. The molecule has 3 atom stereocenters. The van der Waals surface area contributed by atoms with E-state index in [1.165, 1.54) is 107 Å². The first kappa shape index (κ1) is 46.8. The van der Waals surface area contributed by atoms with Crippen molar-refractivity contribution in [3.05, 3.63) is 298 Å². The Bertz CT molecular complexity index is 3560. The second kappa shape index (κ2) is 20.0. The molecule has 10 aromatic rings. The van der Waals surface area contributed by atoms with Crippen LogP contribution < -0.4 is 9.64 Å². The molecule has 2 aliphatic rings. The summed E-state index contributed by atoms with van der Waals surface area (Å²) in [7, 11) is 0. The van der Waals surface area contributed by atoms with E-state index >= 15 is 0 Å². The van der Waals surface area contributed by atoms with Crippen LogP contribution in [0.15, 0.2) is 237 Å². The Morgan fingerprint density at radius 1 is 0.459 bits per heavy atom. The van der Waals surface area contributed by atoms with Gasteiger partial charge in [-0.25, -0.2) is 0 Å². The summed E-state index contributed by atoms with van der Waals surface area (Å²) in [4.78, 5) is 2.39. The number of benzene rings is 10. The molecule has 0 aromatic heterocycles. The van der Waals surface area contributed by atoms with E-state index in [9.17, 15) is 0 Å². The fourth-order valence-corrected chi connectivity index (χ4v) is 12.2. The van der Waals surface area contributed by atoms with E-state index in [0.29, 0.717) is 18.4 Å². The van der Waals surface area contributed by atoms with Gasteiger partial charge in [0.25, 0.3) is 0 Å². The van der Waals surface area contributed by atoms with Gasteiger partial charge in [-0.2, -0.15) is 0 Å². The minimum absolute atomic E-state index is 0.439. The summed E-state index contributed by atoms with van der Waals surface area (Å²) in [6.45, 7) is 9.65. The number of nitrogens with zero attached hydrogens (tertiary/aromatic N) is 1. The molecular formula is C72H63NO. The van der Waals surface area contributed by atoms with Gasteiger partial charge in [-0.15, -0.1) is 0 Å². The van der Waals surface area contributed by atoms with Gasteiger partial charge in [-0.1, -0.05) is 213 Å². The van der Waals surface area contributed by atoms with Gasteiger partial charge in [0, 0.05) is 17.1 Å². The van der Waals surface area contributed by atoms with E-state index in [1.807, 2.05) is 0 Å². The van der Waals surface area contributed by atoms with Crippen molar-refractivity contribution in [3.8, 4) is 39.1 Å². The van der Waals surface area contributed by atoms with E-state index in [0.717, 1.165) is 35.7 Å². The van der Waals surface area contributed by atoms with Crippen LogP contribution in [0.2, 0.25) is 0 Å². The average molecular weight is 958 g/mol. The molecule has 0 heterocycles. The first-order chi connectivity index (χ1) is 36.3. The Morgan fingerprint density at radius 3 is 1.73 bits per heavy atom. The number of aryl methyl sites for hydroxylation is 4. The summed E-state index contributed by atoms with van der Waals surface area (Å²) in [6.07, 6.45) is 4.68. The van der Waals surface area contributed by atoms with Gasteiger partial charge >= 0.3 is 0 Å². The Kier molecular flexibility index (Phi) is 12.7. The van der Waals surface area contributed by atoms with E-state index in [-0.39, 0.29) is 0 Å². The van der Waals surface area contributed by atoms with Gasteiger partial charge in [0.1, 0.15) is 12.4 Å². The zero-order valence-electron chi connectivity index (χ0n) is 43.1. The highest BCUT2D eigenvalue weighted by atomic mass is 16.5. The van der Waals surface area contributed by atoms with Crippen LogP contribution >= 0.6 is 0 Å². The molecule has 0 amide bonds. The van der Waals surface area contributed by atoms with Crippen molar-refractivity contribution in [3.63, 3.8) is 0 Å². The normalized spacial score (nSPS) is 15.0. The Morgan fingerprint density at radius 2 is 1.04 bits per heavy atom. The summed E-state index contributed by atoms with van der Waals surface area (Å²) in [5.41, 5.74) is 24.8. The van der Waals surface area contributed by atoms with E-state index < -0.39 is 5.41 Å². The lowest BCUT2D eigenvalue weighted by Crippen LogP contribution is -2.29. The Balaban J connectivity index is 0.821. The maximum atomic E-state index is 6.60. The zero-order valence-corrected chi connectivity index (χ0v) is 43.1. The van der Waals surface area contributed by atoms with Gasteiger partial charge in [0.2, 0.25) is 0 Å². The summed E-state index contributed by atoms with van der Waals surface area (Å²) in [5.74, 6) is 1.81. The third-order valence-corrected chi connectivity index (χ3v) is 16.1. The first-order valence-corrected chi connectivity index (χ1v) is 26.7. The summed E-state index contributed by atoms with van der Waals surface area (Å²) in [6, 6.07) is 88.0. The maximum Gasteiger partial charge on any atom is 0.119 e. The third-order valence-electron chi connectivity index (χ3n) is 16.1. The molecule has 0 aliphatic heterocycles. The van der Waals surface area contributed by atoms with Crippen LogP contribution in [0.4, 0.5) is 17.1 Å². The fraction of sp³-hybridized carbons (Fsp3) is 0.167. The van der Waals surface area contributed by atoms with Crippen molar-refractivity contribution in [2.45, 2.75) is 77.2 Å². The van der Waals surface area contributed by atoms with Crippen LogP contribution in [-0.2, 0) is 24.9 Å². The summed E-state index contributed by atoms with van der Waals surface area (Å²) in [5, 5.41) is 0. The van der Waals surface area contributed by atoms with Crippen molar-refractivity contribution in [2.24, 2.45) is 0 Å². The molecule has 10 aromatic carbocycles. The van der Waals surface area contributed by atoms with Crippen LogP contribution in [-0.4, -0.2) is 0 Å². The smallest absolute Gasteiger partial charge is 0.119 e. The molecule has 0 N–H and O–H groups in total. The number of para-hydroxylation sites is 1. The highest BCUT2D eigenvalue weighted by molar-refractivity contribution is 5.90. The first-order valence-electron chi connectivity index (χ1n) is 26.7. The highest BCUT2D eigenvalue weighted by Crippen LogP contribution is 2.58. The SMILES string of the molecule is CCC(CC(C)c1ccc(COc2ccc(C3(c4cc(C)cc(C)c4)c4ccccc4-c4ccc(N(c5ccccc5)c5ccc(-c6ccccc6)cc5)cc43)cc2)cc1)c1ccc(-c2ccc3c(c2)CC3)cc1. The molecule has 2 nitrogen and oxygen atoms in total. The molecule has 0 spiro atoms. The molecule has 0 saturated heterocycles. The quantitative estimate of drug-likeness (QED) is 0.102. The predicted molar refractivity (Wildman–Crippen MR) is 309 cm³/mol. The average Bonchev–Trinajstić information content (AvgIpc) is 3.73. The minimum atomic E-state index is -0.591. The summed E-state index contributed by atoms with van der Waals surface area (Å²) >= 11 is 0. The number of ether oxygens (including phenoxy) is 1. The molecular weight excluding hydrogens is 895 g/mol. The van der Waals surface area contributed by atoms with Gasteiger partial charge < -0.3 is 9.64 Å². The topological polar surface area (TPSA) is 12.5 Å². The van der Waals surface area contributed by atoms with Gasteiger partial charge in [0.15, 0.2) is 0 Å². The van der Waals surface area contributed by atoms with Crippen LogP contribution in [0.25, 0.3) is 33.4 Å². The minimum Gasteiger partial charge on any atom is -0.489 e. The van der Waals surface area contributed by atoms with Gasteiger partial charge in [-0.3, -0.25) is 0 Å². The number of fused-ring (bicyclic) bond motifs is 4. The summed E-state index contributed by atoms with van der Waals surface area (Å²) < 4.78 is 6.60. The largest absolute Gasteiger partial charge is 0.489 e. The van der Waals surface area contributed by atoms with Crippen LogP contribution in [0.1, 0.15) is 99.7 Å². The lowest BCUT2D eigenvalue weighted by Gasteiger charge is -2.35. The second-order valence-electron chi connectivity index (χ2n) is 20.9. The molecule has 0 bridgehead atoms. The number of anilines is 3. The second-order valence-corrected chi connectivity index (χ2v) is 20.9. The van der Waals surface area contributed by atoms with Crippen LogP contribution in [0.3, 0.4) is 0 Å². The van der Waals surface area contributed by atoms with Crippen LogP contribution in [0, 0.1) is 13.8 Å². The van der Waals surface area contributed by atoms with Crippen molar-refractivity contribution >= 4 is 17.1 Å². The van der Waals surface area contributed by atoms with E-state index in [4.69, 9.17) is 4.74 Å². The number of rotatable bonds is 15. The van der Waals surface area contributed by atoms with Gasteiger partial charge in [-0.05, 0) is 183 Å². The lowest BCUT2D eigenvalue weighted by molar-refractivity contribution is 0.306. The van der Waals surface area contributed by atoms with E-state index in [1.54, 1.807) is 0 Å². The van der Waals surface area contributed by atoms with Crippen molar-refractivity contribution in [2.75, 3.05) is 4.90 Å². The molecule has 0 fully saturated rings. The standard InChI is InChI=1S/C72H63NO/c1-5-53(56-24-26-58(27-25-56)60-30-28-59-29-31-61(59)46-60)45-51(4)54-22-20-52(21-23-54)48-74-67-39-34-62(35-40-67)72(63-43-49(2)42-50(3)44-63)70-19-13-12-18-68(70)69-41-38-66(47-71(69)72)73(64-16-10-7-11-17-64)65-36-32-57(33-37-65)55-14-8-6-9-15-55/h6-28,30,32-44,46-47,51,53H,5,29,31,45,48H2,1-4H3. The van der Waals surface area contributed by atoms with Gasteiger partial charge in [0.05, 0.1) is 5.41 Å². The van der Waals surface area contributed by atoms with Crippen molar-refractivity contribution < 1.29 is 4.74 Å². The maximum absolute atomic E-state index is 6.60. The number of hydrogen-bond acceptors (Lipinski definition) is 2.